The number of piperazine rings is 1. The van der Waals surface area contributed by atoms with Gasteiger partial charge < -0.3 is 14.5 Å². The lowest BCUT2D eigenvalue weighted by molar-refractivity contribution is -0.131. The first-order valence-electron chi connectivity index (χ1n) is 13.5. The number of fused-ring (bicyclic) bond motifs is 2. The monoisotopic (exact) mass is 615 g/mol. The number of methoxy groups -OCH3 is 1. The molecule has 1 aliphatic heterocycles. The first-order valence-corrected chi connectivity index (χ1v) is 13.9. The first kappa shape index (κ1) is 28.9. The third kappa shape index (κ3) is 5.13. The number of hydrogen-bond donors (Lipinski definition) is 1. The van der Waals surface area contributed by atoms with Crippen LogP contribution in [0.2, 0.25) is 5.02 Å². The molecule has 0 spiro atoms. The number of carbonyl (C=O) groups is 1. The number of benzene rings is 1. The largest absolute Gasteiger partial charge is 0.467 e. The molecule has 1 aliphatic rings. The van der Waals surface area contributed by atoms with Crippen molar-refractivity contribution < 1.29 is 18.3 Å². The van der Waals surface area contributed by atoms with E-state index in [1.165, 1.54) is 24.4 Å². The van der Waals surface area contributed by atoms with Crippen LogP contribution in [-0.2, 0) is 4.79 Å². The molecule has 0 radical (unpaired) electrons. The minimum atomic E-state index is -0.991. The lowest BCUT2D eigenvalue weighted by atomic mass is 10.0. The summed E-state index contributed by atoms with van der Waals surface area (Å²) in [6.45, 7) is 2.21. The fourth-order valence-corrected chi connectivity index (χ4v) is 5.59. The number of halogens is 3. The number of ether oxygens (including phenoxy) is 1. The Morgan fingerprint density at radius 1 is 1.25 bits per heavy atom. The van der Waals surface area contributed by atoms with E-state index in [9.17, 15) is 14.4 Å². The maximum Gasteiger partial charge on any atom is 0.318 e. The Balaban J connectivity index is 1.38. The molecule has 0 bridgehead atoms. The van der Waals surface area contributed by atoms with Gasteiger partial charge in [-0.25, -0.2) is 8.78 Å². The number of aromatic nitrogens is 6. The van der Waals surface area contributed by atoms with E-state index in [2.05, 4.69) is 36.2 Å². The Bertz CT molecular complexity index is 1980. The highest BCUT2D eigenvalue weighted by Gasteiger charge is 2.34. The molecule has 6 rings (SSSR count). The fourth-order valence-electron chi connectivity index (χ4n) is 5.35. The van der Waals surface area contributed by atoms with Crippen LogP contribution < -0.4 is 9.64 Å². The summed E-state index contributed by atoms with van der Waals surface area (Å²) < 4.78 is 36.6. The second-order valence-corrected chi connectivity index (χ2v) is 10.5. The number of pyridine rings is 2. The molecule has 1 amide bonds. The molecule has 1 unspecified atom stereocenters. The molecule has 222 valence electrons. The number of hydrogen-bond acceptors (Lipinski definition) is 9. The number of amides is 1. The number of nitriles is 1. The standard InChI is InChI=1S/C30H24ClF2N9O2/c1-16-11-22-19(14-37-40-22)23(24(16)31)27-25(33)26-20(13-36-27)28(39-30(38-26)44-2)41-9-10-42(18(15-41)6-7-34)29(43)21(32)12-17-5-3-4-8-35-17/h3-5,8,11-14,18H,6,9-10,15H2,1-2H3,(H,37,40)/b21-12-. The summed E-state index contributed by atoms with van der Waals surface area (Å²) in [6, 6.07) is 8.06. The van der Waals surface area contributed by atoms with Gasteiger partial charge in [0.05, 0.1) is 53.5 Å². The third-order valence-corrected chi connectivity index (χ3v) is 7.95. The maximum atomic E-state index is 16.3. The fraction of sp³-hybridized carbons (Fsp3) is 0.233. The predicted molar refractivity (Wildman–Crippen MR) is 160 cm³/mol. The molecule has 14 heteroatoms. The number of nitrogens with zero attached hydrogens (tertiary/aromatic N) is 8. The van der Waals surface area contributed by atoms with Gasteiger partial charge in [-0.15, -0.1) is 0 Å². The summed E-state index contributed by atoms with van der Waals surface area (Å²) >= 11 is 6.64. The topological polar surface area (TPSA) is 137 Å². The quantitative estimate of drug-likeness (QED) is 0.261. The van der Waals surface area contributed by atoms with Crippen molar-refractivity contribution in [3.63, 3.8) is 0 Å². The Kier molecular flexibility index (Phi) is 7.75. The van der Waals surface area contributed by atoms with E-state index in [-0.39, 0.29) is 48.7 Å². The van der Waals surface area contributed by atoms with Crippen molar-refractivity contribution in [1.29, 1.82) is 5.26 Å². The van der Waals surface area contributed by atoms with Crippen molar-refractivity contribution in [1.82, 2.24) is 35.0 Å². The minimum Gasteiger partial charge on any atom is -0.467 e. The van der Waals surface area contributed by atoms with Crippen LogP contribution in [0.1, 0.15) is 17.7 Å². The second kappa shape index (κ2) is 11.8. The van der Waals surface area contributed by atoms with E-state index < -0.39 is 23.6 Å². The first-order chi connectivity index (χ1) is 21.3. The van der Waals surface area contributed by atoms with Gasteiger partial charge in [0.1, 0.15) is 17.0 Å². The predicted octanol–water partition coefficient (Wildman–Crippen LogP) is 5.01. The number of rotatable bonds is 6. The van der Waals surface area contributed by atoms with Crippen molar-refractivity contribution in [2.75, 3.05) is 31.6 Å². The Morgan fingerprint density at radius 3 is 2.84 bits per heavy atom. The zero-order valence-electron chi connectivity index (χ0n) is 23.6. The summed E-state index contributed by atoms with van der Waals surface area (Å²) in [6.07, 6.45) is 5.50. The average molecular weight is 616 g/mol. The van der Waals surface area contributed by atoms with E-state index in [1.807, 2.05) is 6.07 Å². The number of aryl methyl sites for hydroxylation is 1. The van der Waals surface area contributed by atoms with Crippen LogP contribution in [0.4, 0.5) is 14.6 Å². The van der Waals surface area contributed by atoms with Crippen LogP contribution in [-0.4, -0.2) is 73.7 Å². The maximum absolute atomic E-state index is 16.3. The number of anilines is 1. The lowest BCUT2D eigenvalue weighted by Gasteiger charge is -2.41. The van der Waals surface area contributed by atoms with E-state index in [4.69, 9.17) is 16.3 Å². The van der Waals surface area contributed by atoms with E-state index in [0.717, 1.165) is 6.08 Å². The molecule has 0 aliphatic carbocycles. The van der Waals surface area contributed by atoms with Gasteiger partial charge in [0, 0.05) is 49.1 Å². The average Bonchev–Trinajstić information content (AvgIpc) is 3.50. The van der Waals surface area contributed by atoms with Crippen LogP contribution in [0.15, 0.2) is 48.7 Å². The molecule has 1 saturated heterocycles. The summed E-state index contributed by atoms with van der Waals surface area (Å²) in [5, 5.41) is 17.7. The highest BCUT2D eigenvalue weighted by molar-refractivity contribution is 6.35. The Hall–Kier alpha value is -5.22. The van der Waals surface area contributed by atoms with Crippen LogP contribution in [0.5, 0.6) is 6.01 Å². The molecule has 0 saturated carbocycles. The van der Waals surface area contributed by atoms with E-state index in [1.54, 1.807) is 36.2 Å². The van der Waals surface area contributed by atoms with Crippen LogP contribution in [0.3, 0.4) is 0 Å². The van der Waals surface area contributed by atoms with Crippen LogP contribution in [0, 0.1) is 24.1 Å². The molecule has 1 aromatic carbocycles. The molecule has 1 N–H and O–H groups in total. The number of H-pyrrole nitrogens is 1. The summed E-state index contributed by atoms with van der Waals surface area (Å²) in [5.41, 5.74) is 1.98. The normalized spacial score (nSPS) is 15.5. The zero-order valence-corrected chi connectivity index (χ0v) is 24.3. The molecule has 4 aromatic heterocycles. The molecule has 11 nitrogen and oxygen atoms in total. The van der Waals surface area contributed by atoms with Gasteiger partial charge in [-0.2, -0.15) is 20.3 Å². The van der Waals surface area contributed by atoms with Gasteiger partial charge in [-0.05, 0) is 30.7 Å². The van der Waals surface area contributed by atoms with Crippen LogP contribution >= 0.6 is 11.6 Å². The molecule has 5 aromatic rings. The molecule has 1 atom stereocenters. The van der Waals surface area contributed by atoms with Crippen LogP contribution in [0.25, 0.3) is 39.1 Å². The van der Waals surface area contributed by atoms with Gasteiger partial charge in [-0.3, -0.25) is 19.9 Å². The van der Waals surface area contributed by atoms with Crippen molar-refractivity contribution in [3.8, 4) is 23.3 Å². The highest BCUT2D eigenvalue weighted by atomic mass is 35.5. The van der Waals surface area contributed by atoms with Crippen molar-refractivity contribution in [2.24, 2.45) is 0 Å². The molecule has 5 heterocycles. The van der Waals surface area contributed by atoms with Crippen molar-refractivity contribution in [3.05, 3.63) is 70.8 Å². The number of nitrogens with one attached hydrogen (secondary N) is 1. The number of carbonyl (C=O) groups excluding carboxylic acids is 1. The Labute approximate surface area is 254 Å². The molecular formula is C30H24ClF2N9O2. The van der Waals surface area contributed by atoms with Gasteiger partial charge in [0.15, 0.2) is 11.6 Å². The lowest BCUT2D eigenvalue weighted by Crippen LogP contribution is -2.55. The zero-order chi connectivity index (χ0) is 31.0. The van der Waals surface area contributed by atoms with Gasteiger partial charge in [0.25, 0.3) is 5.91 Å². The van der Waals surface area contributed by atoms with Crippen molar-refractivity contribution in [2.45, 2.75) is 19.4 Å². The SMILES string of the molecule is COc1nc(N2CCN(C(=O)/C(F)=C/c3ccccn3)C(CC#N)C2)c2cnc(-c3c(Cl)c(C)cc4[nH]ncc34)c(F)c2n1. The second-order valence-electron chi connectivity index (χ2n) is 10.1. The molecule has 1 fully saturated rings. The van der Waals surface area contributed by atoms with Gasteiger partial charge >= 0.3 is 6.01 Å². The van der Waals surface area contributed by atoms with E-state index in [0.29, 0.717) is 38.6 Å². The molecular weight excluding hydrogens is 592 g/mol. The third-order valence-electron chi connectivity index (χ3n) is 7.46. The highest BCUT2D eigenvalue weighted by Crippen LogP contribution is 2.40. The van der Waals surface area contributed by atoms with Gasteiger partial charge in [-0.1, -0.05) is 17.7 Å². The smallest absolute Gasteiger partial charge is 0.318 e. The summed E-state index contributed by atoms with van der Waals surface area (Å²) in [5.74, 6) is -2.27. The number of aromatic amines is 1. The van der Waals surface area contributed by atoms with Gasteiger partial charge in [0.2, 0.25) is 0 Å². The minimum absolute atomic E-state index is 0.0164. The molecule has 44 heavy (non-hydrogen) atoms. The summed E-state index contributed by atoms with van der Waals surface area (Å²) in [7, 11) is 1.36. The van der Waals surface area contributed by atoms with E-state index >= 15 is 4.39 Å². The van der Waals surface area contributed by atoms with Crippen molar-refractivity contribution >= 4 is 51.2 Å². The summed E-state index contributed by atoms with van der Waals surface area (Å²) in [4.78, 5) is 33.5. The Morgan fingerprint density at radius 2 is 2.09 bits per heavy atom.